The van der Waals surface area contributed by atoms with E-state index in [1.807, 2.05) is 24.5 Å². The van der Waals surface area contributed by atoms with Crippen molar-refractivity contribution in [2.24, 2.45) is 0 Å². The Labute approximate surface area is 195 Å². The summed E-state index contributed by atoms with van der Waals surface area (Å²) in [5.41, 5.74) is 10.1. The van der Waals surface area contributed by atoms with Gasteiger partial charge in [-0.2, -0.15) is 16.4 Å². The number of fused-ring (bicyclic) bond motifs is 2. The Kier molecular flexibility index (Phi) is 4.78. The first-order chi connectivity index (χ1) is 16.2. The summed E-state index contributed by atoms with van der Waals surface area (Å²) in [7, 11) is 4.11. The molecule has 0 bridgehead atoms. The van der Waals surface area contributed by atoms with E-state index in [1.54, 1.807) is 11.3 Å². The van der Waals surface area contributed by atoms with Gasteiger partial charge in [0.1, 0.15) is 11.2 Å². The van der Waals surface area contributed by atoms with Gasteiger partial charge in [0.2, 0.25) is 0 Å². The van der Waals surface area contributed by atoms with Gasteiger partial charge in [-0.05, 0) is 77.9 Å². The summed E-state index contributed by atoms with van der Waals surface area (Å²) in [6, 6.07) is 16.9. The van der Waals surface area contributed by atoms with Gasteiger partial charge in [-0.15, -0.1) is 0 Å². The van der Waals surface area contributed by atoms with Gasteiger partial charge < -0.3 is 9.88 Å². The zero-order valence-corrected chi connectivity index (χ0v) is 19.1. The highest BCUT2D eigenvalue weighted by atomic mass is 32.1. The summed E-state index contributed by atoms with van der Waals surface area (Å²) in [5.74, 6) is 0. The van der Waals surface area contributed by atoms with Crippen LogP contribution in [0.25, 0.3) is 55.7 Å². The molecule has 0 spiro atoms. The van der Waals surface area contributed by atoms with Gasteiger partial charge >= 0.3 is 0 Å². The van der Waals surface area contributed by atoms with E-state index in [0.29, 0.717) is 0 Å². The second kappa shape index (κ2) is 7.95. The second-order valence-electron chi connectivity index (χ2n) is 8.45. The third-order valence-corrected chi connectivity index (χ3v) is 6.43. The van der Waals surface area contributed by atoms with Gasteiger partial charge in [0.05, 0.1) is 16.9 Å². The summed E-state index contributed by atoms with van der Waals surface area (Å²) in [4.78, 5) is 15.1. The van der Waals surface area contributed by atoms with Crippen LogP contribution in [0.5, 0.6) is 0 Å². The lowest BCUT2D eigenvalue weighted by molar-refractivity contribution is 0.402. The zero-order valence-electron chi connectivity index (χ0n) is 18.3. The molecule has 6 nitrogen and oxygen atoms in total. The predicted molar refractivity (Wildman–Crippen MR) is 135 cm³/mol. The molecule has 0 fully saturated rings. The maximum atomic E-state index is 4.98. The van der Waals surface area contributed by atoms with Crippen molar-refractivity contribution in [2.75, 3.05) is 14.1 Å². The topological polar surface area (TPSA) is 73.5 Å². The van der Waals surface area contributed by atoms with E-state index < -0.39 is 0 Å². The van der Waals surface area contributed by atoms with Crippen LogP contribution in [0.3, 0.4) is 0 Å². The number of aromatic nitrogens is 5. The summed E-state index contributed by atoms with van der Waals surface area (Å²) in [6.07, 6.45) is 3.77. The summed E-state index contributed by atoms with van der Waals surface area (Å²) < 4.78 is 0. The molecule has 162 valence electrons. The van der Waals surface area contributed by atoms with Gasteiger partial charge in [0, 0.05) is 35.4 Å². The quantitative estimate of drug-likeness (QED) is 0.340. The van der Waals surface area contributed by atoms with E-state index in [2.05, 4.69) is 86.3 Å². The first-order valence-corrected chi connectivity index (χ1v) is 11.7. The number of rotatable bonds is 5. The Bertz CT molecular complexity index is 1580. The summed E-state index contributed by atoms with van der Waals surface area (Å²) in [6.45, 7) is 0.835. The van der Waals surface area contributed by atoms with Crippen LogP contribution in [0.15, 0.2) is 71.7 Å². The lowest BCUT2D eigenvalue weighted by Gasteiger charge is -2.10. The van der Waals surface area contributed by atoms with Crippen molar-refractivity contribution < 1.29 is 0 Å². The van der Waals surface area contributed by atoms with Crippen molar-refractivity contribution in [3.05, 3.63) is 77.2 Å². The number of hydrogen-bond acceptors (Lipinski definition) is 5. The molecule has 0 aliphatic carbocycles. The predicted octanol–water partition coefficient (Wildman–Crippen LogP) is 5.96. The first kappa shape index (κ1) is 19.8. The Morgan fingerprint density at radius 1 is 0.970 bits per heavy atom. The largest absolute Gasteiger partial charge is 0.353 e. The molecule has 0 saturated carbocycles. The number of nitrogens with zero attached hydrogens (tertiary/aromatic N) is 4. The van der Waals surface area contributed by atoms with Crippen LogP contribution in [-0.2, 0) is 6.54 Å². The number of hydrogen-bond donors (Lipinski definition) is 2. The van der Waals surface area contributed by atoms with Gasteiger partial charge in [-0.1, -0.05) is 12.1 Å². The molecule has 33 heavy (non-hydrogen) atoms. The molecule has 5 aromatic heterocycles. The first-order valence-electron chi connectivity index (χ1n) is 10.7. The van der Waals surface area contributed by atoms with Gasteiger partial charge in [-0.25, -0.2) is 4.98 Å². The minimum Gasteiger partial charge on any atom is -0.353 e. The van der Waals surface area contributed by atoms with Gasteiger partial charge in [0.25, 0.3) is 0 Å². The van der Waals surface area contributed by atoms with Crippen molar-refractivity contribution in [2.45, 2.75) is 6.54 Å². The second-order valence-corrected chi connectivity index (χ2v) is 9.23. The zero-order chi connectivity index (χ0) is 22.4. The van der Waals surface area contributed by atoms with Crippen LogP contribution in [0.1, 0.15) is 5.56 Å². The van der Waals surface area contributed by atoms with Crippen molar-refractivity contribution in [1.82, 2.24) is 30.0 Å². The molecule has 0 atom stereocenters. The molecular formula is C26H22N6S. The third-order valence-electron chi connectivity index (χ3n) is 5.75. The van der Waals surface area contributed by atoms with E-state index in [1.165, 1.54) is 16.5 Å². The van der Waals surface area contributed by atoms with E-state index in [-0.39, 0.29) is 0 Å². The maximum absolute atomic E-state index is 4.98. The Balaban J connectivity index is 1.45. The molecular weight excluding hydrogens is 428 g/mol. The van der Waals surface area contributed by atoms with Crippen LogP contribution in [0.2, 0.25) is 0 Å². The number of aromatic amines is 2. The average Bonchev–Trinajstić information content (AvgIpc) is 3.57. The molecule has 0 aliphatic heterocycles. The lowest BCUT2D eigenvalue weighted by atomic mass is 10.0. The smallest absolute Gasteiger partial charge is 0.135 e. The minimum atomic E-state index is 0.816. The summed E-state index contributed by atoms with van der Waals surface area (Å²) >= 11 is 1.71. The molecule has 2 N–H and O–H groups in total. The molecule has 6 rings (SSSR count). The molecule has 6 aromatic rings. The van der Waals surface area contributed by atoms with Crippen LogP contribution in [0, 0.1) is 0 Å². The van der Waals surface area contributed by atoms with E-state index >= 15 is 0 Å². The van der Waals surface area contributed by atoms with E-state index in [4.69, 9.17) is 4.98 Å². The Morgan fingerprint density at radius 2 is 1.91 bits per heavy atom. The Hall–Kier alpha value is -3.81. The molecule has 1 aromatic carbocycles. The normalized spacial score (nSPS) is 11.7. The monoisotopic (exact) mass is 450 g/mol. The summed E-state index contributed by atoms with van der Waals surface area (Å²) in [5, 5.41) is 13.2. The molecule has 0 unspecified atom stereocenters. The van der Waals surface area contributed by atoms with Crippen molar-refractivity contribution in [3.63, 3.8) is 0 Å². The minimum absolute atomic E-state index is 0.816. The van der Waals surface area contributed by atoms with E-state index in [9.17, 15) is 0 Å². The molecule has 0 amide bonds. The molecule has 5 heterocycles. The highest BCUT2D eigenvalue weighted by molar-refractivity contribution is 7.08. The number of thiophene rings is 1. The van der Waals surface area contributed by atoms with Crippen LogP contribution in [0.4, 0.5) is 0 Å². The fourth-order valence-electron chi connectivity index (χ4n) is 4.28. The average molecular weight is 451 g/mol. The highest BCUT2D eigenvalue weighted by Gasteiger charge is 2.15. The van der Waals surface area contributed by atoms with Crippen molar-refractivity contribution in [3.8, 4) is 33.8 Å². The third kappa shape index (κ3) is 3.61. The number of benzene rings is 1. The van der Waals surface area contributed by atoms with E-state index in [0.717, 1.165) is 51.3 Å². The number of nitrogens with one attached hydrogen (secondary N) is 2. The standard InChI is InChI=1S/C26H22N6S/c1-32(2)14-16-10-18(13-27-12-16)21-6-7-23-25(29-21)26(31-30-23)24-11-20-19(17-8-9-33-15-17)4-3-5-22(20)28-24/h3-13,15,28H,14H2,1-2H3,(H,30,31). The fourth-order valence-corrected chi connectivity index (χ4v) is 4.93. The molecule has 7 heteroatoms. The van der Waals surface area contributed by atoms with Gasteiger partial charge in [-0.3, -0.25) is 10.1 Å². The van der Waals surface area contributed by atoms with Crippen molar-refractivity contribution >= 4 is 33.3 Å². The molecule has 0 saturated heterocycles. The Morgan fingerprint density at radius 3 is 2.76 bits per heavy atom. The number of pyridine rings is 2. The fraction of sp³-hybridized carbons (Fsp3) is 0.115. The van der Waals surface area contributed by atoms with Crippen LogP contribution in [-0.4, -0.2) is 44.1 Å². The maximum Gasteiger partial charge on any atom is 0.135 e. The van der Waals surface area contributed by atoms with Crippen LogP contribution >= 0.6 is 11.3 Å². The SMILES string of the molecule is CN(C)Cc1cncc(-c2ccc3[nH]nc(-c4cc5c(-c6ccsc6)cccc5[nH]4)c3n2)c1. The van der Waals surface area contributed by atoms with Crippen molar-refractivity contribution in [1.29, 1.82) is 0 Å². The number of H-pyrrole nitrogens is 2. The van der Waals surface area contributed by atoms with Gasteiger partial charge in [0.15, 0.2) is 0 Å². The molecule has 0 aliphatic rings. The molecule has 0 radical (unpaired) electrons. The highest BCUT2D eigenvalue weighted by Crippen LogP contribution is 2.34. The van der Waals surface area contributed by atoms with Crippen LogP contribution < -0.4 is 0 Å². The lowest BCUT2D eigenvalue weighted by Crippen LogP contribution is -2.10.